The molecule has 4 nitrogen and oxygen atoms in total. The molecule has 2 aromatic rings. The molecule has 0 fully saturated rings. The van der Waals surface area contributed by atoms with Gasteiger partial charge in [-0.05, 0) is 36.7 Å². The maximum Gasteiger partial charge on any atom is 0.132 e. The summed E-state index contributed by atoms with van der Waals surface area (Å²) in [5.41, 5.74) is 2.22. The van der Waals surface area contributed by atoms with Gasteiger partial charge < -0.3 is 10.1 Å². The van der Waals surface area contributed by atoms with Crippen LogP contribution in [0.4, 0.5) is 0 Å². The summed E-state index contributed by atoms with van der Waals surface area (Å²) in [7, 11) is 1.90. The molecule has 1 aromatic carbocycles. The fourth-order valence-corrected chi connectivity index (χ4v) is 1.81. The van der Waals surface area contributed by atoms with Gasteiger partial charge in [-0.15, -0.1) is 0 Å². The Balaban J connectivity index is 1.81. The maximum atomic E-state index is 5.69. The molecule has 0 radical (unpaired) electrons. The van der Waals surface area contributed by atoms with Crippen LogP contribution in [0.25, 0.3) is 0 Å². The van der Waals surface area contributed by atoms with Crippen molar-refractivity contribution in [3.05, 3.63) is 47.8 Å². The van der Waals surface area contributed by atoms with Gasteiger partial charge in [0, 0.05) is 19.8 Å². The SMILES string of the molecule is CCCNCc1ccc(OCc2ccn(C)n2)cc1. The molecule has 1 aromatic heterocycles. The molecule has 0 bridgehead atoms. The van der Waals surface area contributed by atoms with Crippen molar-refractivity contribution in [1.82, 2.24) is 15.1 Å². The van der Waals surface area contributed by atoms with Crippen LogP contribution < -0.4 is 10.1 Å². The molecular weight excluding hydrogens is 238 g/mol. The van der Waals surface area contributed by atoms with E-state index in [1.54, 1.807) is 4.68 Å². The van der Waals surface area contributed by atoms with Crippen molar-refractivity contribution < 1.29 is 4.74 Å². The average molecular weight is 259 g/mol. The van der Waals surface area contributed by atoms with E-state index in [-0.39, 0.29) is 0 Å². The first-order valence-corrected chi connectivity index (χ1v) is 6.69. The molecule has 1 N–H and O–H groups in total. The number of hydrogen-bond donors (Lipinski definition) is 1. The molecule has 0 spiro atoms. The van der Waals surface area contributed by atoms with Gasteiger partial charge in [0.25, 0.3) is 0 Å². The summed E-state index contributed by atoms with van der Waals surface area (Å²) in [6.07, 6.45) is 3.08. The van der Waals surface area contributed by atoms with Crippen molar-refractivity contribution >= 4 is 0 Å². The lowest BCUT2D eigenvalue weighted by molar-refractivity contribution is 0.300. The minimum Gasteiger partial charge on any atom is -0.487 e. The highest BCUT2D eigenvalue weighted by atomic mass is 16.5. The zero-order chi connectivity index (χ0) is 13.5. The van der Waals surface area contributed by atoms with Crippen molar-refractivity contribution in [1.29, 1.82) is 0 Å². The standard InChI is InChI=1S/C15H21N3O/c1-3-9-16-11-13-4-6-15(7-5-13)19-12-14-8-10-18(2)17-14/h4-8,10,16H,3,9,11-12H2,1-2H3. The lowest BCUT2D eigenvalue weighted by Gasteiger charge is -2.06. The summed E-state index contributed by atoms with van der Waals surface area (Å²) in [6.45, 7) is 4.64. The number of nitrogens with one attached hydrogen (secondary N) is 1. The first-order valence-electron chi connectivity index (χ1n) is 6.69. The molecule has 0 saturated heterocycles. The molecule has 2 rings (SSSR count). The maximum absolute atomic E-state index is 5.69. The Labute approximate surface area is 114 Å². The number of ether oxygens (including phenoxy) is 1. The third-order valence-corrected chi connectivity index (χ3v) is 2.83. The van der Waals surface area contributed by atoms with Gasteiger partial charge in [0.05, 0.1) is 5.69 Å². The van der Waals surface area contributed by atoms with Gasteiger partial charge in [-0.2, -0.15) is 5.10 Å². The highest BCUT2D eigenvalue weighted by molar-refractivity contribution is 5.27. The summed E-state index contributed by atoms with van der Waals surface area (Å²) in [6, 6.07) is 10.2. The monoisotopic (exact) mass is 259 g/mol. The number of hydrogen-bond acceptors (Lipinski definition) is 3. The topological polar surface area (TPSA) is 39.1 Å². The van der Waals surface area contributed by atoms with E-state index >= 15 is 0 Å². The highest BCUT2D eigenvalue weighted by Gasteiger charge is 1.99. The van der Waals surface area contributed by atoms with E-state index in [9.17, 15) is 0 Å². The Bertz CT molecular complexity index is 490. The fourth-order valence-electron chi connectivity index (χ4n) is 1.81. The van der Waals surface area contributed by atoms with E-state index < -0.39 is 0 Å². The zero-order valence-corrected chi connectivity index (χ0v) is 11.6. The van der Waals surface area contributed by atoms with Crippen LogP contribution in [0.2, 0.25) is 0 Å². The summed E-state index contributed by atoms with van der Waals surface area (Å²) in [5, 5.41) is 7.65. The predicted molar refractivity (Wildman–Crippen MR) is 76.0 cm³/mol. The lowest BCUT2D eigenvalue weighted by atomic mass is 10.2. The van der Waals surface area contributed by atoms with Gasteiger partial charge in [-0.1, -0.05) is 19.1 Å². The number of aromatic nitrogens is 2. The van der Waals surface area contributed by atoms with Crippen molar-refractivity contribution in [3.8, 4) is 5.75 Å². The smallest absolute Gasteiger partial charge is 0.132 e. The van der Waals surface area contributed by atoms with Crippen LogP contribution in [-0.2, 0) is 20.2 Å². The van der Waals surface area contributed by atoms with Crippen molar-refractivity contribution in [2.24, 2.45) is 7.05 Å². The van der Waals surface area contributed by atoms with Crippen LogP contribution in [0, 0.1) is 0 Å². The summed E-state index contributed by atoms with van der Waals surface area (Å²) < 4.78 is 7.47. The summed E-state index contributed by atoms with van der Waals surface area (Å²) >= 11 is 0. The number of aryl methyl sites for hydroxylation is 1. The van der Waals surface area contributed by atoms with E-state index in [4.69, 9.17) is 4.74 Å². The normalized spacial score (nSPS) is 10.6. The second-order valence-corrected chi connectivity index (χ2v) is 4.59. The van der Waals surface area contributed by atoms with Crippen LogP contribution in [0.5, 0.6) is 5.75 Å². The molecular formula is C15H21N3O. The van der Waals surface area contributed by atoms with Gasteiger partial charge in [-0.25, -0.2) is 0 Å². The Kier molecular flexibility index (Phi) is 4.98. The van der Waals surface area contributed by atoms with Crippen molar-refractivity contribution in [2.45, 2.75) is 26.5 Å². The largest absolute Gasteiger partial charge is 0.487 e. The Morgan fingerprint density at radius 1 is 1.21 bits per heavy atom. The van der Waals surface area contributed by atoms with Crippen LogP contribution in [-0.4, -0.2) is 16.3 Å². The molecule has 0 atom stereocenters. The summed E-state index contributed by atoms with van der Waals surface area (Å²) in [5.74, 6) is 0.880. The van der Waals surface area contributed by atoms with Gasteiger partial charge in [0.15, 0.2) is 0 Å². The molecule has 0 saturated carbocycles. The number of benzene rings is 1. The molecule has 4 heteroatoms. The lowest BCUT2D eigenvalue weighted by Crippen LogP contribution is -2.13. The molecule has 0 aliphatic heterocycles. The van der Waals surface area contributed by atoms with Crippen LogP contribution in [0.3, 0.4) is 0 Å². The number of rotatable bonds is 7. The third kappa shape index (κ3) is 4.41. The van der Waals surface area contributed by atoms with Gasteiger partial charge >= 0.3 is 0 Å². The van der Waals surface area contributed by atoms with Crippen LogP contribution >= 0.6 is 0 Å². The van der Waals surface area contributed by atoms with Gasteiger partial charge in [0.1, 0.15) is 12.4 Å². The molecule has 0 amide bonds. The first-order chi connectivity index (χ1) is 9.28. The molecule has 0 aliphatic carbocycles. The highest BCUT2D eigenvalue weighted by Crippen LogP contribution is 2.13. The molecule has 0 unspecified atom stereocenters. The van der Waals surface area contributed by atoms with Crippen LogP contribution in [0.1, 0.15) is 24.6 Å². The Hall–Kier alpha value is -1.81. The Morgan fingerprint density at radius 3 is 2.63 bits per heavy atom. The second-order valence-electron chi connectivity index (χ2n) is 4.59. The zero-order valence-electron chi connectivity index (χ0n) is 11.6. The van der Waals surface area contributed by atoms with Crippen molar-refractivity contribution in [3.63, 3.8) is 0 Å². The van der Waals surface area contributed by atoms with E-state index in [0.29, 0.717) is 6.61 Å². The minimum absolute atomic E-state index is 0.508. The molecule has 1 heterocycles. The average Bonchev–Trinajstić information content (AvgIpc) is 2.84. The van der Waals surface area contributed by atoms with Gasteiger partial charge in [-0.3, -0.25) is 4.68 Å². The Morgan fingerprint density at radius 2 is 2.00 bits per heavy atom. The second kappa shape index (κ2) is 6.95. The first kappa shape index (κ1) is 13.6. The molecule has 19 heavy (non-hydrogen) atoms. The molecule has 0 aliphatic rings. The van der Waals surface area contributed by atoms with Gasteiger partial charge in [0.2, 0.25) is 0 Å². The summed E-state index contributed by atoms with van der Waals surface area (Å²) in [4.78, 5) is 0. The molecule has 102 valence electrons. The minimum atomic E-state index is 0.508. The van der Waals surface area contributed by atoms with E-state index in [1.807, 2.05) is 31.4 Å². The third-order valence-electron chi connectivity index (χ3n) is 2.83. The fraction of sp³-hybridized carbons (Fsp3) is 0.400. The van der Waals surface area contributed by atoms with E-state index in [1.165, 1.54) is 5.56 Å². The van der Waals surface area contributed by atoms with Crippen molar-refractivity contribution in [2.75, 3.05) is 6.54 Å². The quantitative estimate of drug-likeness (QED) is 0.776. The van der Waals surface area contributed by atoms with E-state index in [0.717, 1.165) is 31.0 Å². The van der Waals surface area contributed by atoms with Crippen LogP contribution in [0.15, 0.2) is 36.5 Å². The van der Waals surface area contributed by atoms with E-state index in [2.05, 4.69) is 29.5 Å². The predicted octanol–water partition coefficient (Wildman–Crippen LogP) is 2.50. The number of nitrogens with zero attached hydrogens (tertiary/aromatic N) is 2.